The van der Waals surface area contributed by atoms with Gasteiger partial charge in [0.25, 0.3) is 0 Å². The zero-order chi connectivity index (χ0) is 70.8. The van der Waals surface area contributed by atoms with Gasteiger partial charge in [0.15, 0.2) is 0 Å². The molecule has 1 aliphatic carbocycles. The van der Waals surface area contributed by atoms with Gasteiger partial charge in [-0.2, -0.15) is 11.8 Å². The normalized spacial score (nSPS) is 12.7. The smallest absolute Gasteiger partial charge is 0.244 e. The van der Waals surface area contributed by atoms with E-state index in [0.717, 1.165) is 52.2 Å². The predicted octanol–water partition coefficient (Wildman–Crippen LogP) is 6.91. The van der Waals surface area contributed by atoms with Gasteiger partial charge in [-0.15, -0.1) is 0 Å². The lowest BCUT2D eigenvalue weighted by molar-refractivity contribution is -0.129. The van der Waals surface area contributed by atoms with Gasteiger partial charge in [-0.05, 0) is 120 Å². The Morgan fingerprint density at radius 3 is 1.38 bits per heavy atom. The molecule has 5 aromatic carbocycles. The van der Waals surface area contributed by atoms with Gasteiger partial charge in [0.2, 0.25) is 35.4 Å². The molecule has 0 aliphatic heterocycles. The average molecular weight is 1380 g/mol. The highest BCUT2D eigenvalue weighted by Gasteiger charge is 2.26. The van der Waals surface area contributed by atoms with Gasteiger partial charge >= 0.3 is 0 Å². The van der Waals surface area contributed by atoms with Crippen molar-refractivity contribution in [1.82, 2.24) is 31.9 Å². The molecule has 0 saturated heterocycles. The molecular formula is C74H104N6O17S. The molecule has 0 heterocycles. The number of rotatable bonds is 45. The first-order valence-electron chi connectivity index (χ1n) is 33.4. The minimum atomic E-state index is -0.754. The van der Waals surface area contributed by atoms with E-state index in [1.807, 2.05) is 147 Å². The number of amides is 6. The number of hydrogen-bond acceptors (Lipinski definition) is 18. The van der Waals surface area contributed by atoms with Crippen molar-refractivity contribution in [1.29, 1.82) is 0 Å². The van der Waals surface area contributed by atoms with Crippen LogP contribution in [0.3, 0.4) is 0 Å². The Morgan fingerprint density at radius 2 is 0.939 bits per heavy atom. The molecule has 1 fully saturated rings. The fourth-order valence-electron chi connectivity index (χ4n) is 9.87. The molecule has 538 valence electrons. The number of hydrogen-bond donors (Lipinski definition) is 9. The van der Waals surface area contributed by atoms with Gasteiger partial charge < -0.3 is 85.1 Å². The Bertz CT molecular complexity index is 3010. The Balaban J connectivity index is 0.000000318. The molecule has 98 heavy (non-hydrogen) atoms. The Kier molecular flexibility index (Phi) is 43.0. The quantitative estimate of drug-likeness (QED) is 0.0109. The number of methoxy groups -OCH3 is 2. The average Bonchev–Trinajstić information content (AvgIpc) is 1.23. The number of ether oxygens (including phenoxy) is 8. The number of aliphatic hydroxyl groups is 3. The minimum absolute atomic E-state index is 0.0401. The van der Waals surface area contributed by atoms with E-state index in [4.69, 9.17) is 53.2 Å². The van der Waals surface area contributed by atoms with E-state index >= 15 is 0 Å². The highest BCUT2D eigenvalue weighted by Crippen LogP contribution is 2.27. The highest BCUT2D eigenvalue weighted by atomic mass is 32.2. The summed E-state index contributed by atoms with van der Waals surface area (Å²) in [5, 5.41) is 43.1. The molecule has 9 N–H and O–H groups in total. The SMILES string of the molecule is CC(C)CNC(=O)[C@H](Cc1ccc(OCCCOCO)cc1)NC(=O)CC1CCCC1.COCCNC(=O)[C@H](Cc1ccc(OCCCOCO)cc1)NC(=O)CSC.COc1ccc(CCNC(=O)[C@H](Cc2ccc(OCCCOCO)cc2)NC(=O)/C=C/c2ccccc2)cc1. The van der Waals surface area contributed by atoms with Gasteiger partial charge in [-0.1, -0.05) is 106 Å². The minimum Gasteiger partial charge on any atom is -0.497 e. The lowest BCUT2D eigenvalue weighted by Gasteiger charge is -2.20. The maximum absolute atomic E-state index is 13.1. The van der Waals surface area contributed by atoms with Gasteiger partial charge in [0, 0.05) is 77.8 Å². The molecular weight excluding hydrogens is 1280 g/mol. The second-order valence-electron chi connectivity index (χ2n) is 23.4. The van der Waals surface area contributed by atoms with Gasteiger partial charge in [-0.25, -0.2) is 0 Å². The Hall–Kier alpha value is -8.07. The molecule has 0 radical (unpaired) electrons. The van der Waals surface area contributed by atoms with E-state index < -0.39 is 18.1 Å². The van der Waals surface area contributed by atoms with E-state index in [0.29, 0.717) is 146 Å². The second kappa shape index (κ2) is 51.2. The van der Waals surface area contributed by atoms with E-state index in [2.05, 4.69) is 31.9 Å². The molecule has 0 bridgehead atoms. The number of carbonyl (C=O) groups is 6. The Morgan fingerprint density at radius 1 is 0.510 bits per heavy atom. The third kappa shape index (κ3) is 37.0. The first kappa shape index (κ1) is 82.4. The number of carbonyl (C=O) groups excluding carboxylic acids is 6. The van der Waals surface area contributed by atoms with Crippen LogP contribution in [0.15, 0.2) is 133 Å². The molecule has 0 aromatic heterocycles. The molecule has 0 unspecified atom stereocenters. The van der Waals surface area contributed by atoms with Crippen molar-refractivity contribution in [3.05, 3.63) is 161 Å². The third-order valence-corrected chi connectivity index (χ3v) is 15.6. The molecule has 0 spiro atoms. The van der Waals surface area contributed by atoms with E-state index in [-0.39, 0.29) is 55.8 Å². The maximum Gasteiger partial charge on any atom is 0.244 e. The zero-order valence-corrected chi connectivity index (χ0v) is 58.3. The predicted molar refractivity (Wildman–Crippen MR) is 379 cm³/mol. The standard InChI is InChI=1S/C31H36N2O6.C24H38N2O5.C19H30N2O6S/c1-37-27-13-8-25(9-14-27)18-19-32-31(36)29(33-30(35)17-12-24-6-3-2-4-7-24)22-26-10-15-28(16-11-26)39-21-5-20-38-23-34;1-18(2)16-25-24(29)22(26-23(28)15-19-6-3-4-7-19)14-20-8-10-21(11-9-20)31-13-5-12-30-17-27;1-25-11-8-20-19(24)17(21-18(23)13-28-2)12-15-4-6-16(7-5-15)27-10-3-9-26-14-22/h2-4,6-17,29,34H,5,18-23H2,1H3,(H,32,36)(H,33,35);8-11,18-19,22,27H,3-7,12-17H2,1-2H3,(H,25,29)(H,26,28);4-7,17,22H,3,8-14H2,1-2H3,(H,20,24)(H,21,23)/b17-12+;;/t29-;22-;17-/m000/s1. The summed E-state index contributed by atoms with van der Waals surface area (Å²) in [5.74, 6) is 2.80. The topological polar surface area (TPSA) is 309 Å². The van der Waals surface area contributed by atoms with Crippen LogP contribution in [0.4, 0.5) is 0 Å². The van der Waals surface area contributed by atoms with Crippen molar-refractivity contribution in [2.24, 2.45) is 11.8 Å². The Labute approximate surface area is 582 Å². The number of thioether (sulfide) groups is 1. The van der Waals surface area contributed by atoms with Crippen molar-refractivity contribution in [2.75, 3.05) is 112 Å². The van der Waals surface area contributed by atoms with Crippen LogP contribution in [0.2, 0.25) is 0 Å². The van der Waals surface area contributed by atoms with Crippen LogP contribution in [0.25, 0.3) is 6.08 Å². The van der Waals surface area contributed by atoms with Crippen molar-refractivity contribution in [2.45, 2.75) is 109 Å². The maximum atomic E-state index is 13.1. The van der Waals surface area contributed by atoms with Crippen LogP contribution in [-0.2, 0) is 73.4 Å². The first-order chi connectivity index (χ1) is 47.6. The molecule has 6 amide bonds. The van der Waals surface area contributed by atoms with Gasteiger partial charge in [-0.3, -0.25) is 28.8 Å². The third-order valence-electron chi connectivity index (χ3n) is 15.0. The van der Waals surface area contributed by atoms with Crippen molar-refractivity contribution in [3.63, 3.8) is 0 Å². The largest absolute Gasteiger partial charge is 0.497 e. The number of aliphatic hydroxyl groups excluding tert-OH is 3. The molecule has 24 heteroatoms. The summed E-state index contributed by atoms with van der Waals surface area (Å²) in [6.45, 7) is 7.77. The van der Waals surface area contributed by atoms with E-state index in [9.17, 15) is 28.8 Å². The summed E-state index contributed by atoms with van der Waals surface area (Å²) in [5.41, 5.74) is 4.72. The van der Waals surface area contributed by atoms with Crippen LogP contribution in [0, 0.1) is 11.8 Å². The van der Waals surface area contributed by atoms with Crippen molar-refractivity contribution >= 4 is 53.3 Å². The fourth-order valence-corrected chi connectivity index (χ4v) is 10.2. The van der Waals surface area contributed by atoms with Gasteiger partial charge in [0.1, 0.15) is 61.5 Å². The summed E-state index contributed by atoms with van der Waals surface area (Å²) < 4.78 is 41.6. The monoisotopic (exact) mass is 1380 g/mol. The van der Waals surface area contributed by atoms with E-state index in [1.165, 1.54) is 30.7 Å². The molecule has 5 aromatic rings. The summed E-state index contributed by atoms with van der Waals surface area (Å²) in [6, 6.07) is 37.6. The summed E-state index contributed by atoms with van der Waals surface area (Å²) in [7, 11) is 3.18. The summed E-state index contributed by atoms with van der Waals surface area (Å²) in [6.07, 6.45) is 13.9. The highest BCUT2D eigenvalue weighted by molar-refractivity contribution is 7.99. The van der Waals surface area contributed by atoms with Crippen LogP contribution in [0.5, 0.6) is 23.0 Å². The zero-order valence-electron chi connectivity index (χ0n) is 57.5. The molecule has 6 rings (SSSR count). The number of nitrogens with one attached hydrogen (secondary N) is 6. The molecule has 1 aliphatic rings. The summed E-state index contributed by atoms with van der Waals surface area (Å²) in [4.78, 5) is 75.5. The van der Waals surface area contributed by atoms with Crippen LogP contribution >= 0.6 is 11.8 Å². The number of benzene rings is 5. The van der Waals surface area contributed by atoms with Crippen LogP contribution in [0.1, 0.15) is 93.0 Å². The fraction of sp³-hybridized carbons (Fsp3) is 0.486. The lowest BCUT2D eigenvalue weighted by atomic mass is 10.0. The van der Waals surface area contributed by atoms with Gasteiger partial charge in [0.05, 0.1) is 59.1 Å². The first-order valence-corrected chi connectivity index (χ1v) is 34.8. The van der Waals surface area contributed by atoms with Crippen molar-refractivity contribution in [3.8, 4) is 23.0 Å². The lowest BCUT2D eigenvalue weighted by Crippen LogP contribution is -2.49. The van der Waals surface area contributed by atoms with Crippen molar-refractivity contribution < 1.29 is 82.0 Å². The van der Waals surface area contributed by atoms with E-state index in [1.54, 1.807) is 20.3 Å². The molecule has 3 atom stereocenters. The van der Waals surface area contributed by atoms with Crippen LogP contribution < -0.4 is 50.8 Å². The molecule has 1 saturated carbocycles. The van der Waals surface area contributed by atoms with Crippen LogP contribution in [-0.4, -0.2) is 181 Å². The summed E-state index contributed by atoms with van der Waals surface area (Å²) >= 11 is 1.40. The molecule has 23 nitrogen and oxygen atoms in total. The second-order valence-corrected chi connectivity index (χ2v) is 24.3.